The largest absolute Gasteiger partial charge is 0.469 e. The molecule has 38 heavy (non-hydrogen) atoms. The summed E-state index contributed by atoms with van der Waals surface area (Å²) in [7, 11) is -3.82. The number of carbonyl (C=O) groups excluding carboxylic acids is 1. The Kier molecular flexibility index (Phi) is 7.97. The maximum Gasteiger partial charge on any atom is 0.311 e. The highest BCUT2D eigenvalue weighted by atomic mass is 28.4. The van der Waals surface area contributed by atoms with Crippen LogP contribution in [0.15, 0.2) is 0 Å². The van der Waals surface area contributed by atoms with E-state index in [0.717, 1.165) is 32.3 Å². The Labute approximate surface area is 236 Å². The Hall–Kier alpha value is 0.000649. The molecule has 1 spiro atoms. The molecule has 0 aromatic rings. The zero-order chi connectivity index (χ0) is 28.6. The van der Waals surface area contributed by atoms with Gasteiger partial charge in [-0.3, -0.25) is 4.79 Å². The number of hydrogen-bond acceptors (Lipinski definition) is 5. The second-order valence-corrected chi connectivity index (χ2v) is 30.3. The van der Waals surface area contributed by atoms with Gasteiger partial charge in [0.25, 0.3) is 0 Å². The van der Waals surface area contributed by atoms with Gasteiger partial charge < -0.3 is 18.0 Å². The van der Waals surface area contributed by atoms with E-state index in [-0.39, 0.29) is 34.4 Å². The van der Waals surface area contributed by atoms with E-state index in [1.165, 1.54) is 25.7 Å². The zero-order valence-corrected chi connectivity index (χ0v) is 29.7. The molecular formula is C30H58O5Si3. The molecule has 4 rings (SSSR count). The second-order valence-electron chi connectivity index (χ2n) is 16.9. The maximum atomic E-state index is 13.4. The molecule has 0 radical (unpaired) electrons. The molecule has 220 valence electrons. The molecule has 0 amide bonds. The standard InChI is InChI=1S/C30H58O5Si3/c1-27-16-13-17-28(2,26(31)32-3)24(27)18-25(34-37(7,8)9)29-19-22(14-15-23(27)29)30(20-29,35-38(10,11)12)21-33-36(4,5)6/h22-25H,13-21H2,1-12H3/t22-,23?,24?,25-,27+,28-,29-,30-/m1/s1. The van der Waals surface area contributed by atoms with Crippen LogP contribution in [0.5, 0.6) is 0 Å². The second kappa shape index (κ2) is 9.79. The molecular weight excluding hydrogens is 525 g/mol. The Balaban J connectivity index is 1.83. The van der Waals surface area contributed by atoms with Crippen LogP contribution < -0.4 is 0 Å². The number of ether oxygens (including phenoxy) is 1. The van der Waals surface area contributed by atoms with Gasteiger partial charge in [0.2, 0.25) is 0 Å². The molecule has 8 atom stereocenters. The number of esters is 1. The van der Waals surface area contributed by atoms with E-state index in [4.69, 9.17) is 18.0 Å². The first kappa shape index (κ1) is 30.9. The van der Waals surface area contributed by atoms with Crippen LogP contribution in [0.2, 0.25) is 58.9 Å². The molecule has 0 aromatic heterocycles. The molecule has 0 N–H and O–H groups in total. The molecule has 4 saturated carbocycles. The summed E-state index contributed by atoms with van der Waals surface area (Å²) in [6.45, 7) is 26.4. The van der Waals surface area contributed by atoms with Gasteiger partial charge >= 0.3 is 5.97 Å². The van der Waals surface area contributed by atoms with E-state index in [0.29, 0.717) is 11.8 Å². The molecule has 5 nitrogen and oxygen atoms in total. The molecule has 0 heterocycles. The fraction of sp³-hybridized carbons (Fsp3) is 0.967. The van der Waals surface area contributed by atoms with Crippen LogP contribution in [0.25, 0.3) is 0 Å². The van der Waals surface area contributed by atoms with Crippen molar-refractivity contribution in [1.82, 2.24) is 0 Å². The molecule has 8 heteroatoms. The fourth-order valence-electron chi connectivity index (χ4n) is 9.80. The van der Waals surface area contributed by atoms with Crippen molar-refractivity contribution >= 4 is 30.9 Å². The topological polar surface area (TPSA) is 54.0 Å². The van der Waals surface area contributed by atoms with Gasteiger partial charge in [-0.05, 0) is 134 Å². The lowest BCUT2D eigenvalue weighted by molar-refractivity contribution is -0.207. The Morgan fingerprint density at radius 3 is 2.08 bits per heavy atom. The van der Waals surface area contributed by atoms with Crippen LogP contribution in [-0.2, 0) is 22.8 Å². The van der Waals surface area contributed by atoms with E-state index in [1.54, 1.807) is 7.11 Å². The number of rotatable bonds is 8. The van der Waals surface area contributed by atoms with Crippen LogP contribution in [0.4, 0.5) is 0 Å². The predicted molar refractivity (Wildman–Crippen MR) is 163 cm³/mol. The third-order valence-electron chi connectivity index (χ3n) is 10.8. The van der Waals surface area contributed by atoms with Crippen LogP contribution in [0.1, 0.15) is 65.2 Å². The summed E-state index contributed by atoms with van der Waals surface area (Å²) in [5.74, 6) is 1.33. The Bertz CT molecular complexity index is 907. The zero-order valence-electron chi connectivity index (χ0n) is 26.7. The van der Waals surface area contributed by atoms with Crippen molar-refractivity contribution in [2.24, 2.45) is 34.0 Å². The van der Waals surface area contributed by atoms with Crippen molar-refractivity contribution in [3.8, 4) is 0 Å². The van der Waals surface area contributed by atoms with E-state index < -0.39 is 30.4 Å². The summed E-state index contributed by atoms with van der Waals surface area (Å²) in [6, 6.07) is 0. The van der Waals surface area contributed by atoms with Gasteiger partial charge in [0.15, 0.2) is 25.0 Å². The van der Waals surface area contributed by atoms with Crippen LogP contribution in [0.3, 0.4) is 0 Å². The molecule has 0 saturated heterocycles. The van der Waals surface area contributed by atoms with Gasteiger partial charge in [-0.25, -0.2) is 0 Å². The normalized spacial score (nSPS) is 43.4. The third kappa shape index (κ3) is 5.44. The van der Waals surface area contributed by atoms with Crippen molar-refractivity contribution in [2.45, 2.75) is 136 Å². The first-order valence-corrected chi connectivity index (χ1v) is 25.5. The summed E-state index contributed by atoms with van der Waals surface area (Å²) in [6.07, 6.45) is 9.01. The molecule has 2 unspecified atom stereocenters. The number of hydrogen-bond donors (Lipinski definition) is 0. The first-order valence-electron chi connectivity index (χ1n) is 15.3. The third-order valence-corrected chi connectivity index (χ3v) is 13.8. The lowest BCUT2D eigenvalue weighted by Crippen LogP contribution is -2.64. The van der Waals surface area contributed by atoms with Crippen molar-refractivity contribution in [3.05, 3.63) is 0 Å². The molecule has 2 bridgehead atoms. The molecule has 4 aliphatic carbocycles. The predicted octanol–water partition coefficient (Wildman–Crippen LogP) is 7.84. The lowest BCUT2D eigenvalue weighted by atomic mass is 9.40. The van der Waals surface area contributed by atoms with E-state index >= 15 is 0 Å². The average Bonchev–Trinajstić information content (AvgIpc) is 2.98. The summed E-state index contributed by atoms with van der Waals surface area (Å²) in [4.78, 5) is 13.4. The lowest BCUT2D eigenvalue weighted by Gasteiger charge is -2.66. The highest BCUT2D eigenvalue weighted by molar-refractivity contribution is 6.70. The SMILES string of the molecule is COC(=O)[C@]1(C)CCC[C@@]2(C)C3CC[C@@H]4C[C@]3(C[C@]4(CO[Si](C)(C)C)O[Si](C)(C)C)[C@H](O[Si](C)(C)C)CC21. The van der Waals surface area contributed by atoms with Crippen molar-refractivity contribution in [3.63, 3.8) is 0 Å². The van der Waals surface area contributed by atoms with Gasteiger partial charge in [0.1, 0.15) is 0 Å². The Morgan fingerprint density at radius 1 is 0.868 bits per heavy atom. The number of carbonyl (C=O) groups is 1. The van der Waals surface area contributed by atoms with Crippen molar-refractivity contribution in [1.29, 1.82) is 0 Å². The minimum Gasteiger partial charge on any atom is -0.469 e. The van der Waals surface area contributed by atoms with Gasteiger partial charge in [-0.2, -0.15) is 0 Å². The van der Waals surface area contributed by atoms with E-state index in [1.807, 2.05) is 0 Å². The van der Waals surface area contributed by atoms with Gasteiger partial charge in [-0.1, -0.05) is 13.3 Å². The molecule has 4 fully saturated rings. The summed E-state index contributed by atoms with van der Waals surface area (Å²) in [5, 5.41) is 0. The minimum absolute atomic E-state index is 0.0174. The Morgan fingerprint density at radius 2 is 1.53 bits per heavy atom. The quantitative estimate of drug-likeness (QED) is 0.215. The van der Waals surface area contributed by atoms with Crippen LogP contribution >= 0.6 is 0 Å². The fourth-order valence-corrected chi connectivity index (χ4v) is 13.2. The van der Waals surface area contributed by atoms with Gasteiger partial charge in [0.05, 0.1) is 30.8 Å². The molecule has 0 aromatic carbocycles. The minimum atomic E-state index is -1.84. The monoisotopic (exact) mass is 582 g/mol. The van der Waals surface area contributed by atoms with Gasteiger partial charge in [0, 0.05) is 5.41 Å². The summed E-state index contributed by atoms with van der Waals surface area (Å²) < 4.78 is 26.8. The highest BCUT2D eigenvalue weighted by Gasteiger charge is 2.72. The summed E-state index contributed by atoms with van der Waals surface area (Å²) >= 11 is 0. The van der Waals surface area contributed by atoms with Crippen molar-refractivity contribution < 1.29 is 22.8 Å². The van der Waals surface area contributed by atoms with E-state index in [2.05, 4.69) is 72.8 Å². The highest BCUT2D eigenvalue weighted by Crippen LogP contribution is 2.74. The average molecular weight is 583 g/mol. The first-order chi connectivity index (χ1) is 17.2. The molecule has 4 aliphatic rings. The van der Waals surface area contributed by atoms with Crippen LogP contribution in [0, 0.1) is 34.0 Å². The number of fused-ring (bicyclic) bond motifs is 3. The number of methoxy groups -OCH3 is 1. The summed E-state index contributed by atoms with van der Waals surface area (Å²) in [5.41, 5.74) is -0.456. The van der Waals surface area contributed by atoms with Crippen LogP contribution in [-0.4, -0.2) is 56.3 Å². The van der Waals surface area contributed by atoms with Crippen molar-refractivity contribution in [2.75, 3.05) is 13.7 Å². The van der Waals surface area contributed by atoms with E-state index in [9.17, 15) is 4.79 Å². The van der Waals surface area contributed by atoms with Gasteiger partial charge in [-0.15, -0.1) is 0 Å². The smallest absolute Gasteiger partial charge is 0.311 e. The molecule has 0 aliphatic heterocycles. The maximum absolute atomic E-state index is 13.4.